The predicted molar refractivity (Wildman–Crippen MR) is 81.5 cm³/mol. The molecule has 21 heavy (non-hydrogen) atoms. The average molecular weight is 320 g/mol. The van der Waals surface area contributed by atoms with Gasteiger partial charge in [-0.1, -0.05) is 11.8 Å². The van der Waals surface area contributed by atoms with Crippen molar-refractivity contribution in [2.75, 3.05) is 12.4 Å². The molecule has 3 aromatic heterocycles. The van der Waals surface area contributed by atoms with E-state index in [4.69, 9.17) is 4.74 Å². The summed E-state index contributed by atoms with van der Waals surface area (Å²) in [5.74, 6) is 0.693. The van der Waals surface area contributed by atoms with Crippen molar-refractivity contribution in [3.05, 3.63) is 29.0 Å². The van der Waals surface area contributed by atoms with E-state index in [-0.39, 0.29) is 11.7 Å². The molecule has 0 fully saturated rings. The Hall–Kier alpha value is -1.93. The normalized spacial score (nSPS) is 10.9. The van der Waals surface area contributed by atoms with E-state index in [9.17, 15) is 4.79 Å². The standard InChI is InChI=1S/C13H12N4O2S2/c1-2-19-12(18)8-21-11-4-3-10-14-15-13(17(10)16-11)9-5-6-20-7-9/h3-7H,2,8H2,1H3. The van der Waals surface area contributed by atoms with Gasteiger partial charge in [0.05, 0.1) is 12.4 Å². The lowest BCUT2D eigenvalue weighted by atomic mass is 10.3. The molecule has 0 N–H and O–H groups in total. The number of ether oxygens (including phenoxy) is 1. The Labute approximate surface area is 129 Å². The Bertz CT molecular complexity index is 755. The van der Waals surface area contributed by atoms with E-state index in [1.165, 1.54) is 11.8 Å². The molecule has 0 saturated carbocycles. The van der Waals surface area contributed by atoms with Crippen molar-refractivity contribution >= 4 is 34.7 Å². The summed E-state index contributed by atoms with van der Waals surface area (Å²) in [7, 11) is 0. The third-order valence-electron chi connectivity index (χ3n) is 2.66. The Kier molecular flexibility index (Phi) is 4.16. The van der Waals surface area contributed by atoms with E-state index in [0.717, 1.165) is 10.6 Å². The van der Waals surface area contributed by atoms with Crippen LogP contribution in [0, 0.1) is 0 Å². The molecular formula is C13H12N4O2S2. The van der Waals surface area contributed by atoms with Gasteiger partial charge < -0.3 is 4.74 Å². The van der Waals surface area contributed by atoms with Gasteiger partial charge >= 0.3 is 5.97 Å². The zero-order chi connectivity index (χ0) is 14.7. The quantitative estimate of drug-likeness (QED) is 0.531. The third-order valence-corrected chi connectivity index (χ3v) is 4.24. The number of nitrogens with zero attached hydrogens (tertiary/aromatic N) is 4. The van der Waals surface area contributed by atoms with Crippen molar-refractivity contribution in [2.45, 2.75) is 11.9 Å². The molecule has 0 saturated heterocycles. The van der Waals surface area contributed by atoms with Crippen LogP contribution in [0.1, 0.15) is 6.92 Å². The summed E-state index contributed by atoms with van der Waals surface area (Å²) >= 11 is 2.93. The zero-order valence-corrected chi connectivity index (χ0v) is 12.9. The second kappa shape index (κ2) is 6.23. The van der Waals surface area contributed by atoms with Gasteiger partial charge in [-0.05, 0) is 30.5 Å². The second-order valence-corrected chi connectivity index (χ2v) is 5.85. The number of thioether (sulfide) groups is 1. The smallest absolute Gasteiger partial charge is 0.316 e. The maximum Gasteiger partial charge on any atom is 0.316 e. The number of esters is 1. The first-order valence-electron chi connectivity index (χ1n) is 6.31. The molecule has 0 spiro atoms. The summed E-state index contributed by atoms with van der Waals surface area (Å²) in [6, 6.07) is 5.63. The molecular weight excluding hydrogens is 308 g/mol. The Balaban J connectivity index is 1.85. The first-order chi connectivity index (χ1) is 10.3. The number of carbonyl (C=O) groups is 1. The summed E-state index contributed by atoms with van der Waals surface area (Å²) in [4.78, 5) is 11.4. The molecule has 0 aliphatic heterocycles. The second-order valence-electron chi connectivity index (χ2n) is 4.07. The topological polar surface area (TPSA) is 69.4 Å². The van der Waals surface area contributed by atoms with E-state index < -0.39 is 0 Å². The van der Waals surface area contributed by atoms with Gasteiger partial charge in [-0.2, -0.15) is 21.0 Å². The third kappa shape index (κ3) is 3.06. The molecule has 0 atom stereocenters. The first kappa shape index (κ1) is 14.0. The van der Waals surface area contributed by atoms with Crippen LogP contribution in [-0.2, 0) is 9.53 Å². The highest BCUT2D eigenvalue weighted by molar-refractivity contribution is 7.99. The van der Waals surface area contributed by atoms with Crippen molar-refractivity contribution in [3.63, 3.8) is 0 Å². The first-order valence-corrected chi connectivity index (χ1v) is 8.24. The van der Waals surface area contributed by atoms with Crippen LogP contribution in [0.3, 0.4) is 0 Å². The van der Waals surface area contributed by atoms with Gasteiger partial charge in [0, 0.05) is 10.9 Å². The highest BCUT2D eigenvalue weighted by Crippen LogP contribution is 2.22. The number of hydrogen-bond acceptors (Lipinski definition) is 7. The molecule has 0 unspecified atom stereocenters. The Morgan fingerprint density at radius 1 is 1.38 bits per heavy atom. The van der Waals surface area contributed by atoms with E-state index in [2.05, 4.69) is 15.3 Å². The SMILES string of the molecule is CCOC(=O)CSc1ccc2nnc(-c3ccsc3)n2n1. The minimum Gasteiger partial charge on any atom is -0.465 e. The lowest BCUT2D eigenvalue weighted by molar-refractivity contribution is -0.139. The fraction of sp³-hybridized carbons (Fsp3) is 0.231. The van der Waals surface area contributed by atoms with Crippen LogP contribution in [0.15, 0.2) is 34.0 Å². The molecule has 3 aromatic rings. The molecule has 0 aromatic carbocycles. The van der Waals surface area contributed by atoms with Crippen LogP contribution in [0.2, 0.25) is 0 Å². The molecule has 6 nitrogen and oxygen atoms in total. The summed E-state index contributed by atoms with van der Waals surface area (Å²) in [5.41, 5.74) is 1.66. The van der Waals surface area contributed by atoms with Crippen LogP contribution < -0.4 is 0 Å². The molecule has 0 aliphatic rings. The van der Waals surface area contributed by atoms with Crippen molar-refractivity contribution in [2.24, 2.45) is 0 Å². The lowest BCUT2D eigenvalue weighted by Gasteiger charge is -2.02. The van der Waals surface area contributed by atoms with Gasteiger partial charge in [0.15, 0.2) is 11.5 Å². The Morgan fingerprint density at radius 2 is 2.29 bits per heavy atom. The van der Waals surface area contributed by atoms with Gasteiger partial charge in [0.2, 0.25) is 0 Å². The number of rotatable bonds is 5. The van der Waals surface area contributed by atoms with Gasteiger partial charge in [-0.3, -0.25) is 4.79 Å². The van der Waals surface area contributed by atoms with E-state index >= 15 is 0 Å². The maximum atomic E-state index is 11.4. The minimum absolute atomic E-state index is 0.238. The molecule has 0 radical (unpaired) electrons. The minimum atomic E-state index is -0.244. The Morgan fingerprint density at radius 3 is 3.05 bits per heavy atom. The predicted octanol–water partition coefficient (Wildman–Crippen LogP) is 2.51. The largest absolute Gasteiger partial charge is 0.465 e. The highest BCUT2D eigenvalue weighted by atomic mass is 32.2. The number of thiophene rings is 1. The van der Waals surface area contributed by atoms with Crippen molar-refractivity contribution in [3.8, 4) is 11.4 Å². The van der Waals surface area contributed by atoms with E-state index in [0.29, 0.717) is 18.1 Å². The molecule has 108 valence electrons. The lowest BCUT2D eigenvalue weighted by Crippen LogP contribution is -2.07. The fourth-order valence-corrected chi connectivity index (χ4v) is 3.04. The highest BCUT2D eigenvalue weighted by Gasteiger charge is 2.11. The summed E-state index contributed by atoms with van der Waals surface area (Å²) in [6.45, 7) is 2.18. The zero-order valence-electron chi connectivity index (χ0n) is 11.2. The number of fused-ring (bicyclic) bond motifs is 1. The van der Waals surface area contributed by atoms with Crippen LogP contribution in [0.25, 0.3) is 17.0 Å². The van der Waals surface area contributed by atoms with Gasteiger partial charge in [0.1, 0.15) is 5.03 Å². The summed E-state index contributed by atoms with van der Waals surface area (Å²) in [6.07, 6.45) is 0. The maximum absolute atomic E-state index is 11.4. The summed E-state index contributed by atoms with van der Waals surface area (Å²) in [5, 5.41) is 17.4. The van der Waals surface area contributed by atoms with Crippen LogP contribution in [0.5, 0.6) is 0 Å². The van der Waals surface area contributed by atoms with Crippen LogP contribution in [-0.4, -0.2) is 38.1 Å². The number of carbonyl (C=O) groups excluding carboxylic acids is 1. The van der Waals surface area contributed by atoms with Crippen molar-refractivity contribution in [1.82, 2.24) is 19.8 Å². The van der Waals surface area contributed by atoms with Gasteiger partial charge in [-0.15, -0.1) is 10.2 Å². The average Bonchev–Trinajstić information content (AvgIpc) is 3.13. The van der Waals surface area contributed by atoms with Crippen molar-refractivity contribution in [1.29, 1.82) is 0 Å². The molecule has 0 amide bonds. The van der Waals surface area contributed by atoms with E-state index in [1.54, 1.807) is 22.8 Å². The van der Waals surface area contributed by atoms with Crippen LogP contribution >= 0.6 is 23.1 Å². The molecule has 8 heteroatoms. The van der Waals surface area contributed by atoms with Crippen molar-refractivity contribution < 1.29 is 9.53 Å². The molecule has 3 heterocycles. The summed E-state index contributed by atoms with van der Waals surface area (Å²) < 4.78 is 6.59. The number of aromatic nitrogens is 4. The van der Waals surface area contributed by atoms with Gasteiger partial charge in [-0.25, -0.2) is 0 Å². The van der Waals surface area contributed by atoms with Gasteiger partial charge in [0.25, 0.3) is 0 Å². The molecule has 0 aliphatic carbocycles. The molecule has 3 rings (SSSR count). The monoisotopic (exact) mass is 320 g/mol. The number of hydrogen-bond donors (Lipinski definition) is 0. The van der Waals surface area contributed by atoms with E-state index in [1.807, 2.05) is 29.0 Å². The van der Waals surface area contributed by atoms with Crippen LogP contribution in [0.4, 0.5) is 0 Å². The fourth-order valence-electron chi connectivity index (χ4n) is 1.76. The molecule has 0 bridgehead atoms.